The largest absolute Gasteiger partial charge is 0.456 e. The Balaban J connectivity index is 1.19. The summed E-state index contributed by atoms with van der Waals surface area (Å²) in [5, 5.41) is 12.0. The minimum atomic E-state index is -0.176. The molecule has 1 aliphatic heterocycles. The average molecular weight is 569 g/mol. The number of rotatable bonds is 4. The first kappa shape index (κ1) is 24.9. The Bertz CT molecular complexity index is 2350. The Hall–Kier alpha value is -5.65. The Morgan fingerprint density at radius 3 is 2.07 bits per heavy atom. The summed E-state index contributed by atoms with van der Waals surface area (Å²) in [5.41, 5.74) is 8.50. The lowest BCUT2D eigenvalue weighted by Gasteiger charge is -2.32. The fraction of sp³-hybridized carbons (Fsp3) is 0.0513. The molecular formula is C39H28N4O. The van der Waals surface area contributed by atoms with E-state index in [2.05, 4.69) is 137 Å². The van der Waals surface area contributed by atoms with E-state index in [1.165, 1.54) is 16.3 Å². The van der Waals surface area contributed by atoms with Gasteiger partial charge in [-0.3, -0.25) is 5.32 Å². The molecule has 2 aromatic heterocycles. The second-order valence-electron chi connectivity index (χ2n) is 11.3. The third kappa shape index (κ3) is 4.02. The van der Waals surface area contributed by atoms with Crippen molar-refractivity contribution in [2.45, 2.75) is 12.3 Å². The third-order valence-corrected chi connectivity index (χ3v) is 8.68. The van der Waals surface area contributed by atoms with Crippen molar-refractivity contribution in [2.24, 2.45) is 4.99 Å². The van der Waals surface area contributed by atoms with Gasteiger partial charge in [0.15, 0.2) is 0 Å². The van der Waals surface area contributed by atoms with E-state index >= 15 is 0 Å². The third-order valence-electron chi connectivity index (χ3n) is 8.68. The van der Waals surface area contributed by atoms with Crippen LogP contribution in [0.15, 0.2) is 155 Å². The van der Waals surface area contributed by atoms with Crippen molar-refractivity contribution in [3.63, 3.8) is 0 Å². The lowest BCUT2D eigenvalue weighted by molar-refractivity contribution is 0.409. The lowest BCUT2D eigenvalue weighted by Crippen LogP contribution is -2.44. The molecule has 2 N–H and O–H groups in total. The van der Waals surface area contributed by atoms with Gasteiger partial charge in [-0.25, -0.2) is 4.99 Å². The van der Waals surface area contributed by atoms with Crippen molar-refractivity contribution in [3.05, 3.63) is 162 Å². The molecule has 0 bridgehead atoms. The van der Waals surface area contributed by atoms with Crippen LogP contribution in [0.3, 0.4) is 0 Å². The maximum Gasteiger partial charge on any atom is 0.137 e. The molecule has 9 rings (SSSR count). The average Bonchev–Trinajstić information content (AvgIpc) is 3.64. The molecule has 0 amide bonds. The zero-order chi connectivity index (χ0) is 29.0. The van der Waals surface area contributed by atoms with Crippen LogP contribution in [0.1, 0.15) is 29.0 Å². The maximum absolute atomic E-state index is 6.26. The molecule has 0 radical (unpaired) electrons. The molecule has 6 aromatic carbocycles. The Morgan fingerprint density at radius 1 is 0.545 bits per heavy atom. The fourth-order valence-corrected chi connectivity index (χ4v) is 6.58. The molecule has 5 nitrogen and oxygen atoms in total. The summed E-state index contributed by atoms with van der Waals surface area (Å²) >= 11 is 0. The SMILES string of the molecule is c1ccc(C2N=C(c3ccc4c(c3)c3ccccc3n4-c3ccc4c(c3)oc3ccccc34)NC(c3ccccc3)N2)cc1. The number of nitrogens with zero attached hydrogens (tertiary/aromatic N) is 2. The van der Waals surface area contributed by atoms with Crippen LogP contribution in [0.2, 0.25) is 0 Å². The first-order valence-electron chi connectivity index (χ1n) is 15.0. The molecule has 0 aliphatic carbocycles. The molecule has 8 aromatic rings. The molecule has 5 heteroatoms. The van der Waals surface area contributed by atoms with E-state index in [1.54, 1.807) is 0 Å². The second kappa shape index (κ2) is 9.97. The summed E-state index contributed by atoms with van der Waals surface area (Å²) in [7, 11) is 0. The molecule has 0 saturated heterocycles. The van der Waals surface area contributed by atoms with Gasteiger partial charge < -0.3 is 14.3 Å². The van der Waals surface area contributed by atoms with E-state index < -0.39 is 0 Å². The van der Waals surface area contributed by atoms with Crippen molar-refractivity contribution in [1.82, 2.24) is 15.2 Å². The summed E-state index contributed by atoms with van der Waals surface area (Å²) in [5.74, 6) is 0.869. The maximum atomic E-state index is 6.26. The highest BCUT2D eigenvalue weighted by atomic mass is 16.3. The molecule has 0 saturated carbocycles. The number of amidine groups is 1. The first-order valence-corrected chi connectivity index (χ1v) is 15.0. The molecule has 2 unspecified atom stereocenters. The molecule has 2 atom stereocenters. The summed E-state index contributed by atoms with van der Waals surface area (Å²) in [6.07, 6.45) is -0.258. The van der Waals surface area contributed by atoms with Crippen LogP contribution in [-0.2, 0) is 0 Å². The fourth-order valence-electron chi connectivity index (χ4n) is 6.58. The highest BCUT2D eigenvalue weighted by molar-refractivity contribution is 6.13. The number of benzene rings is 6. The van der Waals surface area contributed by atoms with Crippen LogP contribution in [-0.4, -0.2) is 10.4 Å². The Kier molecular flexibility index (Phi) is 5.64. The standard InChI is InChI=1S/C39H28N4O/c1-3-11-25(12-4-1)37-40-38(26-13-5-2-6-14-26)42-39(41-37)27-19-22-34-32(23-27)29-15-7-9-17-33(29)43(34)28-20-21-31-30-16-8-10-18-35(30)44-36(31)24-28/h1-24,37-38,40H,(H,41,42). The van der Waals surface area contributed by atoms with E-state index in [0.717, 1.165) is 55.6 Å². The number of aromatic nitrogens is 1. The van der Waals surface area contributed by atoms with Crippen LogP contribution < -0.4 is 10.6 Å². The van der Waals surface area contributed by atoms with Gasteiger partial charge in [-0.15, -0.1) is 0 Å². The van der Waals surface area contributed by atoms with Crippen molar-refractivity contribution >= 4 is 49.6 Å². The van der Waals surface area contributed by atoms with Gasteiger partial charge in [0.2, 0.25) is 0 Å². The predicted molar refractivity (Wildman–Crippen MR) is 179 cm³/mol. The highest BCUT2D eigenvalue weighted by Gasteiger charge is 2.26. The van der Waals surface area contributed by atoms with E-state index in [4.69, 9.17) is 9.41 Å². The predicted octanol–water partition coefficient (Wildman–Crippen LogP) is 9.02. The Labute approximate surface area is 254 Å². The van der Waals surface area contributed by atoms with Crippen molar-refractivity contribution in [3.8, 4) is 5.69 Å². The van der Waals surface area contributed by atoms with E-state index in [1.807, 2.05) is 24.3 Å². The van der Waals surface area contributed by atoms with Crippen LogP contribution in [0.5, 0.6) is 0 Å². The normalized spacial score (nSPS) is 16.9. The number of nitrogens with one attached hydrogen (secondary N) is 2. The van der Waals surface area contributed by atoms with Crippen LogP contribution in [0.25, 0.3) is 49.4 Å². The van der Waals surface area contributed by atoms with Crippen LogP contribution in [0.4, 0.5) is 0 Å². The van der Waals surface area contributed by atoms with Crippen molar-refractivity contribution in [1.29, 1.82) is 0 Å². The summed E-state index contributed by atoms with van der Waals surface area (Å²) < 4.78 is 8.60. The van der Waals surface area contributed by atoms with Crippen molar-refractivity contribution < 1.29 is 4.42 Å². The number of furan rings is 1. The molecule has 44 heavy (non-hydrogen) atoms. The van der Waals surface area contributed by atoms with Gasteiger partial charge in [0.05, 0.1) is 11.0 Å². The smallest absolute Gasteiger partial charge is 0.137 e. The van der Waals surface area contributed by atoms with Crippen molar-refractivity contribution in [2.75, 3.05) is 0 Å². The van der Waals surface area contributed by atoms with Gasteiger partial charge in [0, 0.05) is 38.9 Å². The van der Waals surface area contributed by atoms with Gasteiger partial charge in [-0.1, -0.05) is 97.1 Å². The van der Waals surface area contributed by atoms with E-state index in [0.29, 0.717) is 0 Å². The molecule has 0 spiro atoms. The minimum Gasteiger partial charge on any atom is -0.456 e. The first-order chi connectivity index (χ1) is 21.8. The zero-order valence-electron chi connectivity index (χ0n) is 23.8. The van der Waals surface area contributed by atoms with E-state index in [9.17, 15) is 0 Å². The highest BCUT2D eigenvalue weighted by Crippen LogP contribution is 2.36. The monoisotopic (exact) mass is 568 g/mol. The quantitative estimate of drug-likeness (QED) is 0.223. The molecular weight excluding hydrogens is 540 g/mol. The van der Waals surface area contributed by atoms with Crippen LogP contribution >= 0.6 is 0 Å². The van der Waals surface area contributed by atoms with Gasteiger partial charge in [-0.2, -0.15) is 0 Å². The number of fused-ring (bicyclic) bond motifs is 6. The second-order valence-corrected chi connectivity index (χ2v) is 11.3. The number of hydrogen-bond acceptors (Lipinski definition) is 4. The molecule has 210 valence electrons. The topological polar surface area (TPSA) is 54.5 Å². The molecule has 1 aliphatic rings. The van der Waals surface area contributed by atoms with Gasteiger partial charge in [0.1, 0.15) is 29.3 Å². The summed E-state index contributed by atoms with van der Waals surface area (Å²) in [6.45, 7) is 0. The zero-order valence-corrected chi connectivity index (χ0v) is 23.8. The Morgan fingerprint density at radius 2 is 1.23 bits per heavy atom. The number of para-hydroxylation sites is 2. The van der Waals surface area contributed by atoms with E-state index in [-0.39, 0.29) is 12.3 Å². The molecule has 0 fully saturated rings. The van der Waals surface area contributed by atoms with Gasteiger partial charge in [-0.05, 0) is 53.6 Å². The lowest BCUT2D eigenvalue weighted by atomic mass is 10.1. The molecule has 3 heterocycles. The minimum absolute atomic E-state index is 0.0820. The van der Waals surface area contributed by atoms with Gasteiger partial charge in [0.25, 0.3) is 0 Å². The van der Waals surface area contributed by atoms with Gasteiger partial charge >= 0.3 is 0 Å². The van der Waals surface area contributed by atoms with Crippen LogP contribution in [0, 0.1) is 0 Å². The summed E-state index contributed by atoms with van der Waals surface area (Å²) in [4.78, 5) is 5.18. The summed E-state index contributed by atoms with van der Waals surface area (Å²) in [6, 6.07) is 50.9. The number of aliphatic imine (C=N–C) groups is 1. The number of hydrogen-bond donors (Lipinski definition) is 2.